The Morgan fingerprint density at radius 2 is 1.27 bits per heavy atom. The topological polar surface area (TPSA) is 18.5 Å². The largest absolute Gasteiger partial charge is 0.494 e. The molecule has 0 spiro atoms. The molecule has 0 saturated carbocycles. The third-order valence-corrected chi connectivity index (χ3v) is 3.54. The summed E-state index contributed by atoms with van der Waals surface area (Å²) in [7, 11) is 0. The van der Waals surface area contributed by atoms with Crippen LogP contribution >= 0.6 is 0 Å². The molecule has 0 aliphatic heterocycles. The number of benzene rings is 2. The lowest BCUT2D eigenvalue weighted by Crippen LogP contribution is -1.97. The van der Waals surface area contributed by atoms with Crippen LogP contribution < -0.4 is 9.47 Å². The fourth-order valence-electron chi connectivity index (χ4n) is 2.20. The van der Waals surface area contributed by atoms with Crippen LogP contribution in [0.1, 0.15) is 44.2 Å². The summed E-state index contributed by atoms with van der Waals surface area (Å²) < 4.78 is 11.4. The molecule has 0 saturated heterocycles. The van der Waals surface area contributed by atoms with Crippen molar-refractivity contribution in [3.63, 3.8) is 0 Å². The monoisotopic (exact) mass is 298 g/mol. The van der Waals surface area contributed by atoms with Crippen LogP contribution in [0.5, 0.6) is 11.5 Å². The van der Waals surface area contributed by atoms with E-state index in [1.54, 1.807) is 0 Å². The van der Waals surface area contributed by atoms with Gasteiger partial charge in [0.05, 0.1) is 6.61 Å². The molecule has 0 amide bonds. The van der Waals surface area contributed by atoms with Crippen LogP contribution in [0.25, 0.3) is 0 Å². The highest BCUT2D eigenvalue weighted by molar-refractivity contribution is 5.31. The Morgan fingerprint density at radius 3 is 1.86 bits per heavy atom. The van der Waals surface area contributed by atoms with Crippen LogP contribution in [0, 0.1) is 0 Å². The van der Waals surface area contributed by atoms with Gasteiger partial charge in [-0.05, 0) is 54.7 Å². The Morgan fingerprint density at radius 1 is 0.682 bits per heavy atom. The second-order valence-electron chi connectivity index (χ2n) is 5.53. The predicted molar refractivity (Wildman–Crippen MR) is 91.6 cm³/mol. The summed E-state index contributed by atoms with van der Waals surface area (Å²) in [6, 6.07) is 16.6. The van der Waals surface area contributed by atoms with E-state index in [0.29, 0.717) is 6.61 Å². The van der Waals surface area contributed by atoms with E-state index >= 15 is 0 Å². The van der Waals surface area contributed by atoms with Gasteiger partial charge in [-0.1, -0.05) is 44.5 Å². The summed E-state index contributed by atoms with van der Waals surface area (Å²) in [5, 5.41) is 0. The van der Waals surface area contributed by atoms with Crippen LogP contribution in [0.4, 0.5) is 0 Å². The van der Waals surface area contributed by atoms with Gasteiger partial charge in [-0.3, -0.25) is 0 Å². The lowest BCUT2D eigenvalue weighted by Gasteiger charge is -2.09. The molecule has 0 bridgehead atoms. The van der Waals surface area contributed by atoms with Crippen molar-refractivity contribution < 1.29 is 9.47 Å². The molecule has 2 nitrogen and oxygen atoms in total. The summed E-state index contributed by atoms with van der Waals surface area (Å²) in [4.78, 5) is 0. The van der Waals surface area contributed by atoms with Crippen molar-refractivity contribution in [1.29, 1.82) is 0 Å². The zero-order chi connectivity index (χ0) is 15.6. The summed E-state index contributed by atoms with van der Waals surface area (Å²) in [6.07, 6.45) is 4.68. The second-order valence-corrected chi connectivity index (χ2v) is 5.53. The third-order valence-electron chi connectivity index (χ3n) is 3.54. The number of ether oxygens (including phenoxy) is 2. The zero-order valence-electron chi connectivity index (χ0n) is 13.7. The Bertz CT molecular complexity index is 477. The SMILES string of the molecule is CCCCc1ccc(COc2ccc(OCCC)cc2)cc1. The minimum Gasteiger partial charge on any atom is -0.494 e. The van der Waals surface area contributed by atoms with Crippen LogP contribution in [0.2, 0.25) is 0 Å². The van der Waals surface area contributed by atoms with Gasteiger partial charge in [-0.25, -0.2) is 0 Å². The molecule has 118 valence electrons. The smallest absolute Gasteiger partial charge is 0.120 e. The Hall–Kier alpha value is -1.96. The standard InChI is InChI=1S/C20H26O2/c1-3-5-6-17-7-9-18(10-8-17)16-22-20-13-11-19(12-14-20)21-15-4-2/h7-14H,3-6,15-16H2,1-2H3. The molecule has 0 radical (unpaired) electrons. The van der Waals surface area contributed by atoms with E-state index in [0.717, 1.165) is 30.9 Å². The molecule has 0 aliphatic rings. The molecule has 0 N–H and O–H groups in total. The Balaban J connectivity index is 1.81. The van der Waals surface area contributed by atoms with E-state index in [-0.39, 0.29) is 0 Å². The van der Waals surface area contributed by atoms with Gasteiger partial charge in [-0.2, -0.15) is 0 Å². The summed E-state index contributed by atoms with van der Waals surface area (Å²) in [6.45, 7) is 5.68. The number of hydrogen-bond acceptors (Lipinski definition) is 2. The average Bonchev–Trinajstić information content (AvgIpc) is 2.58. The van der Waals surface area contributed by atoms with Gasteiger partial charge in [0.25, 0.3) is 0 Å². The maximum absolute atomic E-state index is 5.82. The number of unbranched alkanes of at least 4 members (excludes halogenated alkanes) is 1. The van der Waals surface area contributed by atoms with Crippen molar-refractivity contribution in [2.75, 3.05) is 6.61 Å². The van der Waals surface area contributed by atoms with Crippen molar-refractivity contribution in [3.05, 3.63) is 59.7 Å². The third kappa shape index (κ3) is 5.44. The fourth-order valence-corrected chi connectivity index (χ4v) is 2.20. The van der Waals surface area contributed by atoms with Gasteiger partial charge in [0.2, 0.25) is 0 Å². The van der Waals surface area contributed by atoms with Gasteiger partial charge in [0.1, 0.15) is 18.1 Å². The van der Waals surface area contributed by atoms with Gasteiger partial charge in [0, 0.05) is 0 Å². The first-order valence-electron chi connectivity index (χ1n) is 8.25. The van der Waals surface area contributed by atoms with E-state index in [9.17, 15) is 0 Å². The molecule has 2 heteroatoms. The molecule has 2 aromatic carbocycles. The average molecular weight is 298 g/mol. The lowest BCUT2D eigenvalue weighted by molar-refractivity contribution is 0.301. The first-order chi connectivity index (χ1) is 10.8. The molecular weight excluding hydrogens is 272 g/mol. The molecule has 2 rings (SSSR count). The number of hydrogen-bond donors (Lipinski definition) is 0. The quantitative estimate of drug-likeness (QED) is 0.617. The van der Waals surface area contributed by atoms with Crippen molar-refractivity contribution in [2.24, 2.45) is 0 Å². The highest BCUT2D eigenvalue weighted by Gasteiger charge is 1.99. The van der Waals surface area contributed by atoms with Gasteiger partial charge in [0.15, 0.2) is 0 Å². The van der Waals surface area contributed by atoms with E-state index in [1.807, 2.05) is 24.3 Å². The number of aryl methyl sites for hydroxylation is 1. The van der Waals surface area contributed by atoms with Crippen LogP contribution in [0.3, 0.4) is 0 Å². The molecule has 0 unspecified atom stereocenters. The maximum atomic E-state index is 5.82. The van der Waals surface area contributed by atoms with Crippen molar-refractivity contribution in [1.82, 2.24) is 0 Å². The highest BCUT2D eigenvalue weighted by atomic mass is 16.5. The molecule has 0 atom stereocenters. The summed E-state index contributed by atoms with van der Waals surface area (Å²) in [5.74, 6) is 1.77. The Labute approximate surface area is 134 Å². The number of rotatable bonds is 9. The maximum Gasteiger partial charge on any atom is 0.120 e. The zero-order valence-corrected chi connectivity index (χ0v) is 13.7. The normalized spacial score (nSPS) is 10.5. The predicted octanol–water partition coefficient (Wildman–Crippen LogP) is 5.40. The molecule has 0 fully saturated rings. The van der Waals surface area contributed by atoms with E-state index in [4.69, 9.17) is 9.47 Å². The first kappa shape index (κ1) is 16.4. The Kier molecular flexibility index (Phi) is 6.82. The van der Waals surface area contributed by atoms with Crippen LogP contribution in [0.15, 0.2) is 48.5 Å². The lowest BCUT2D eigenvalue weighted by atomic mass is 10.1. The van der Waals surface area contributed by atoms with Gasteiger partial charge < -0.3 is 9.47 Å². The van der Waals surface area contributed by atoms with Gasteiger partial charge in [-0.15, -0.1) is 0 Å². The molecule has 0 aromatic heterocycles. The van der Waals surface area contributed by atoms with Crippen molar-refractivity contribution in [3.8, 4) is 11.5 Å². The fraction of sp³-hybridized carbons (Fsp3) is 0.400. The summed E-state index contributed by atoms with van der Waals surface area (Å²) >= 11 is 0. The van der Waals surface area contributed by atoms with E-state index in [1.165, 1.54) is 24.0 Å². The van der Waals surface area contributed by atoms with E-state index in [2.05, 4.69) is 38.1 Å². The van der Waals surface area contributed by atoms with Crippen LogP contribution in [-0.4, -0.2) is 6.61 Å². The molecule has 2 aromatic rings. The minimum atomic E-state index is 0.600. The summed E-state index contributed by atoms with van der Waals surface area (Å²) in [5.41, 5.74) is 2.61. The van der Waals surface area contributed by atoms with Crippen molar-refractivity contribution >= 4 is 0 Å². The molecular formula is C20H26O2. The first-order valence-corrected chi connectivity index (χ1v) is 8.25. The molecule has 22 heavy (non-hydrogen) atoms. The molecule has 0 aliphatic carbocycles. The van der Waals surface area contributed by atoms with Crippen LogP contribution in [-0.2, 0) is 13.0 Å². The van der Waals surface area contributed by atoms with Crippen molar-refractivity contribution in [2.45, 2.75) is 46.1 Å². The highest BCUT2D eigenvalue weighted by Crippen LogP contribution is 2.19. The van der Waals surface area contributed by atoms with E-state index < -0.39 is 0 Å². The second kappa shape index (κ2) is 9.14. The molecule has 0 heterocycles. The minimum absolute atomic E-state index is 0.600. The van der Waals surface area contributed by atoms with Gasteiger partial charge >= 0.3 is 0 Å².